The van der Waals surface area contributed by atoms with Gasteiger partial charge in [0.05, 0.1) is 79.0 Å². The molecule has 2 aromatic carbocycles. The number of likely N-dealkylation sites (N-methyl/N-ethyl adjacent to an activating group) is 1. The number of carbonyl (C=O) groups excluding carboxylic acids is 14. The smallest absolute Gasteiger partial charge is 0.232 e. The van der Waals surface area contributed by atoms with Crippen LogP contribution in [-0.4, -0.2) is 193 Å². The lowest BCUT2D eigenvalue weighted by atomic mass is 9.94. The molecule has 0 radical (unpaired) electrons. The summed E-state index contributed by atoms with van der Waals surface area (Å²) in [6, 6.07) is 41.2. The van der Waals surface area contributed by atoms with Crippen LogP contribution in [0, 0.1) is 13.8 Å². The third kappa shape index (κ3) is 24.9. The number of carbonyl (C=O) groups is 14. The van der Waals surface area contributed by atoms with E-state index in [0.717, 1.165) is 51.9 Å². The van der Waals surface area contributed by atoms with Crippen molar-refractivity contribution in [2.75, 3.05) is 67.0 Å². The summed E-state index contributed by atoms with van der Waals surface area (Å²) in [4.78, 5) is 200. The maximum Gasteiger partial charge on any atom is 0.232 e. The van der Waals surface area contributed by atoms with Gasteiger partial charge in [0.2, 0.25) is 46.3 Å². The second-order valence-corrected chi connectivity index (χ2v) is 32.4. The van der Waals surface area contributed by atoms with Gasteiger partial charge in [-0.15, -0.1) is 0 Å². The van der Waals surface area contributed by atoms with Crippen molar-refractivity contribution in [2.24, 2.45) is 5.73 Å². The standard InChI is InChI=1S/C19H26N2O2.C18H16N2O2.C17H14N2O2.C16H19N3O2.C11H10N2O3.C11H10N2O2.C10H6BrNO2/c1-2-3-4-5-6-7-8-9-12-20-16-14-17(22)15-11-10-13-21-18(15)19(16)23;1-12-4-2-5-13(10-12)7-9-19-15-11-16(21)14-6-3-8-20-17(14)18(15)22;20-15-11-14(17(21)16-13(15)7-4-9-19-16)18-10-8-12-5-2-1-3-6-12;20-14-11-13(16(21)15-12(14)5-4-6-18-15)17-7-10-19-8-2-1-3-9-19;1-5-3-4-6-8(13-5)10(15)7(12)11(16-2)9(6)14;1-13(2)8-6-9(14)7-4-3-5-12-10(7)11(8)15;1-5-7(11)10(14)8-6(9(5)13)3-2-4-12-8/h10-11,13-14,20H,2-9,12H2,1H3;2-6,8,10-11,19H,7,9H2,1H3;1-7,9,11,18H,8,10H2;4-6,11,17H,1-3,7-10H2;3-4H,12H2,1-2H3;3-6H,1-2H3;2-4H,1H3. The van der Waals surface area contributed by atoms with Gasteiger partial charge < -0.3 is 41.5 Å². The van der Waals surface area contributed by atoms with Crippen LogP contribution >= 0.6 is 15.9 Å². The number of halogens is 1. The summed E-state index contributed by atoms with van der Waals surface area (Å²) in [5, 5.41) is 12.3. The highest BCUT2D eigenvalue weighted by Crippen LogP contribution is 2.30. The number of aromatic nitrogens is 7. The minimum absolute atomic E-state index is 0.100. The summed E-state index contributed by atoms with van der Waals surface area (Å²) in [7, 11) is 4.76. The molecule has 0 atom stereocenters. The van der Waals surface area contributed by atoms with Crippen LogP contribution < -0.4 is 27.0 Å². The van der Waals surface area contributed by atoms with Gasteiger partial charge >= 0.3 is 0 Å². The Bertz CT molecular complexity index is 6190. The summed E-state index contributed by atoms with van der Waals surface area (Å²) < 4.78 is 5.14. The minimum Gasteiger partial charge on any atom is -0.491 e. The number of methoxy groups -OCH3 is 1. The molecule has 9 aromatic rings. The molecule has 0 unspecified atom stereocenters. The number of nitrogens with zero attached hydrogens (tertiary/aromatic N) is 9. The number of rotatable bonds is 24. The number of pyridine rings is 7. The normalized spacial score (nSPS) is 15.0. The van der Waals surface area contributed by atoms with E-state index in [1.807, 2.05) is 55.5 Å². The molecule has 29 nitrogen and oxygen atoms in total. The second-order valence-electron chi connectivity index (χ2n) is 31.6. The molecule has 7 aromatic heterocycles. The number of fused-ring (bicyclic) bond motifs is 7. The lowest BCUT2D eigenvalue weighted by Crippen LogP contribution is -2.37. The van der Waals surface area contributed by atoms with Gasteiger partial charge in [-0.1, -0.05) is 118 Å². The highest BCUT2D eigenvalue weighted by molar-refractivity contribution is 9.12. The monoisotopic (exact) mass is 1840 g/mol. The Morgan fingerprint density at radius 2 is 0.780 bits per heavy atom. The first kappa shape index (κ1) is 97.7. The zero-order valence-electron chi connectivity index (χ0n) is 74.4. The molecule has 8 heterocycles. The molecular weight excluding hydrogens is 1740 g/mol. The molecule has 0 spiro atoms. The van der Waals surface area contributed by atoms with Crippen molar-refractivity contribution < 1.29 is 71.9 Å². The topological polar surface area (TPSA) is 419 Å². The number of nitrogens with two attached hydrogens (primary N) is 1. The Balaban J connectivity index is 0.000000149. The third-order valence-corrected chi connectivity index (χ3v) is 22.9. The fourth-order valence-corrected chi connectivity index (χ4v) is 15.3. The Hall–Kier alpha value is -14.9. The quantitative estimate of drug-likeness (QED) is 0.0351. The lowest BCUT2D eigenvalue weighted by molar-refractivity contribution is 0.0901. The average Bonchev–Trinajstić information content (AvgIpc) is 0.786. The molecule has 0 bridgehead atoms. The number of unbranched alkanes of at least 4 members (excludes halogenated alkanes) is 7. The maximum absolute atomic E-state index is 12.3. The number of Topliss-reactive ketones (excluding diaryl/α,β-unsaturated/α-hetero) is 9. The van der Waals surface area contributed by atoms with Gasteiger partial charge in [0.1, 0.15) is 45.6 Å². The van der Waals surface area contributed by atoms with Crippen LogP contribution in [0.3, 0.4) is 0 Å². The van der Waals surface area contributed by atoms with E-state index in [1.54, 1.807) is 130 Å². The Morgan fingerprint density at radius 3 is 1.23 bits per heavy atom. The van der Waals surface area contributed by atoms with Crippen molar-refractivity contribution in [1.29, 1.82) is 0 Å². The fraction of sp³-hybridized carbons (Fsp3) is 0.265. The average molecular weight is 1840 g/mol. The van der Waals surface area contributed by atoms with Gasteiger partial charge in [-0.2, -0.15) is 0 Å². The van der Waals surface area contributed by atoms with E-state index >= 15 is 0 Å². The number of ether oxygens (including phenoxy) is 1. The van der Waals surface area contributed by atoms with Crippen LogP contribution in [0.2, 0.25) is 0 Å². The van der Waals surface area contributed by atoms with Crippen LogP contribution in [0.5, 0.6) is 0 Å². The minimum atomic E-state index is -0.463. The molecule has 676 valence electrons. The lowest BCUT2D eigenvalue weighted by Gasteiger charge is -2.26. The zero-order chi connectivity index (χ0) is 94.5. The SMILES string of the molecule is CC1=C(Br)C(=O)c2ncccc2C1=O.CCCCCCCCCCNC1=CC(=O)c2cccnc2C1=O.CN(C)C1=CC(=O)c2cccnc2C1=O.COC1=C(N)C(=O)c2nc(C)ccc2C1=O.Cc1cccc(CCNC2=CC(=O)c3cccnc3C2=O)c1.O=C1C=C(NCCN2CCCCC2)C(=O)c2ncccc21.O=C1C=C(NCCc2ccccc2)C(=O)c2ncccc21. The van der Waals surface area contributed by atoms with Crippen LogP contribution in [0.4, 0.5) is 0 Å². The Labute approximate surface area is 772 Å². The maximum atomic E-state index is 12.3. The van der Waals surface area contributed by atoms with Crippen molar-refractivity contribution in [3.05, 3.63) is 358 Å². The first-order valence-electron chi connectivity index (χ1n) is 43.4. The molecule has 1 aliphatic heterocycles. The second kappa shape index (κ2) is 47.4. The van der Waals surface area contributed by atoms with Crippen LogP contribution in [0.25, 0.3) is 0 Å². The van der Waals surface area contributed by atoms with Crippen LogP contribution in [0.15, 0.2) is 257 Å². The number of likely N-dealkylation sites (tertiary alicyclic amines) is 1. The number of benzene rings is 2. The van der Waals surface area contributed by atoms with Crippen molar-refractivity contribution in [3.63, 3.8) is 0 Å². The van der Waals surface area contributed by atoms with Gasteiger partial charge in [0, 0.05) is 126 Å². The van der Waals surface area contributed by atoms with Crippen LogP contribution in [0.1, 0.15) is 253 Å². The number of nitrogens with one attached hydrogen (secondary N) is 4. The van der Waals surface area contributed by atoms with Crippen molar-refractivity contribution in [1.82, 2.24) is 66.0 Å². The van der Waals surface area contributed by atoms with E-state index in [-0.39, 0.29) is 126 Å². The summed E-state index contributed by atoms with van der Waals surface area (Å²) in [6.07, 6.45) is 31.4. The number of piperidine rings is 1. The summed E-state index contributed by atoms with van der Waals surface area (Å²) in [6.45, 7) is 13.4. The number of ketones is 14. The predicted molar refractivity (Wildman–Crippen MR) is 499 cm³/mol. The van der Waals surface area contributed by atoms with Gasteiger partial charge in [0.15, 0.2) is 40.5 Å². The summed E-state index contributed by atoms with van der Waals surface area (Å²) in [5.74, 6) is -3.18. The molecule has 7 aliphatic carbocycles. The third-order valence-electron chi connectivity index (χ3n) is 22.0. The number of aryl methyl sites for hydroxylation is 2. The van der Waals surface area contributed by atoms with E-state index in [2.05, 4.69) is 90.0 Å². The van der Waals surface area contributed by atoms with Gasteiger partial charge in [-0.25, -0.2) is 4.98 Å². The van der Waals surface area contributed by atoms with Crippen molar-refractivity contribution in [3.8, 4) is 0 Å². The molecular formula is C102H101BrN14O15. The molecule has 0 saturated carbocycles. The fourth-order valence-electron chi connectivity index (χ4n) is 14.9. The summed E-state index contributed by atoms with van der Waals surface area (Å²) >= 11 is 3.10. The van der Waals surface area contributed by atoms with Gasteiger partial charge in [-0.3, -0.25) is 97.0 Å². The molecule has 132 heavy (non-hydrogen) atoms. The largest absolute Gasteiger partial charge is 0.491 e. The van der Waals surface area contributed by atoms with Crippen molar-refractivity contribution in [2.45, 2.75) is 111 Å². The number of allylic oxidation sites excluding steroid dienone is 14. The highest BCUT2D eigenvalue weighted by atomic mass is 79.9. The van der Waals surface area contributed by atoms with E-state index < -0.39 is 11.6 Å². The summed E-state index contributed by atoms with van der Waals surface area (Å²) in [5.41, 5.74) is 15.9. The molecule has 6 N–H and O–H groups in total. The molecule has 8 aliphatic rings. The van der Waals surface area contributed by atoms with Gasteiger partial charge in [0.25, 0.3) is 0 Å². The van der Waals surface area contributed by atoms with E-state index in [0.29, 0.717) is 97.2 Å². The number of hydrogen-bond donors (Lipinski definition) is 5. The van der Waals surface area contributed by atoms with E-state index in [1.165, 1.54) is 137 Å². The zero-order valence-corrected chi connectivity index (χ0v) is 76.0. The van der Waals surface area contributed by atoms with Crippen molar-refractivity contribution >= 4 is 96.9 Å². The molecule has 0 amide bonds. The van der Waals surface area contributed by atoms with Gasteiger partial charge in [-0.05, 0) is 178 Å². The number of hydrogen-bond acceptors (Lipinski definition) is 29. The molecule has 1 saturated heterocycles. The molecule has 17 rings (SSSR count). The van der Waals surface area contributed by atoms with Crippen LogP contribution in [-0.2, 0) is 17.6 Å². The molecule has 30 heteroatoms. The van der Waals surface area contributed by atoms with E-state index in [9.17, 15) is 67.1 Å². The Kier molecular flexibility index (Phi) is 35.1. The first-order chi connectivity index (χ1) is 63.7. The Morgan fingerprint density at radius 1 is 0.386 bits per heavy atom. The van der Waals surface area contributed by atoms with E-state index in [4.69, 9.17) is 10.5 Å². The molecule has 1 fully saturated rings. The predicted octanol–water partition coefficient (Wildman–Crippen LogP) is 13.8. The first-order valence-corrected chi connectivity index (χ1v) is 44.2. The highest BCUT2D eigenvalue weighted by Gasteiger charge is 2.36.